The van der Waals surface area contributed by atoms with Crippen LogP contribution >= 0.6 is 0 Å². The second kappa shape index (κ2) is 3.90. The van der Waals surface area contributed by atoms with Gasteiger partial charge in [0.25, 0.3) is 0 Å². The molecule has 1 unspecified atom stereocenters. The van der Waals surface area contributed by atoms with Gasteiger partial charge < -0.3 is 9.84 Å². The predicted molar refractivity (Wildman–Crippen MR) is 46.5 cm³/mol. The minimum atomic E-state index is -1.07. The van der Waals surface area contributed by atoms with Crippen molar-refractivity contribution in [3.8, 4) is 12.3 Å². The van der Waals surface area contributed by atoms with E-state index in [2.05, 4.69) is 5.92 Å². The van der Waals surface area contributed by atoms with Gasteiger partial charge in [0.05, 0.1) is 13.2 Å². The summed E-state index contributed by atoms with van der Waals surface area (Å²) in [6, 6.07) is 0. The lowest BCUT2D eigenvalue weighted by molar-refractivity contribution is -0.104. The Morgan fingerprint density at radius 3 is 2.58 bits per heavy atom. The molecule has 1 saturated heterocycles. The molecule has 1 rings (SSSR count). The van der Waals surface area contributed by atoms with Crippen molar-refractivity contribution >= 4 is 0 Å². The molecular formula is C9H15NO2. The quantitative estimate of drug-likeness (QED) is 0.593. The molecule has 0 bridgehead atoms. The van der Waals surface area contributed by atoms with Crippen molar-refractivity contribution in [2.45, 2.75) is 19.1 Å². The highest BCUT2D eigenvalue weighted by Crippen LogP contribution is 2.16. The van der Waals surface area contributed by atoms with Gasteiger partial charge in [-0.3, -0.25) is 4.90 Å². The Morgan fingerprint density at radius 1 is 1.58 bits per heavy atom. The standard InChI is InChI=1S/C9H15NO2/c1-3-9(11,4-2)10-5-7-12-8-6-10/h1,11H,4-8H2,2H3. The Labute approximate surface area is 73.3 Å². The molecule has 3 heteroatoms. The van der Waals surface area contributed by atoms with E-state index >= 15 is 0 Å². The summed E-state index contributed by atoms with van der Waals surface area (Å²) in [4.78, 5) is 1.89. The van der Waals surface area contributed by atoms with E-state index in [9.17, 15) is 5.11 Å². The van der Waals surface area contributed by atoms with E-state index in [0.717, 1.165) is 0 Å². The van der Waals surface area contributed by atoms with Crippen LogP contribution < -0.4 is 0 Å². The fourth-order valence-corrected chi connectivity index (χ4v) is 1.35. The number of morpholine rings is 1. The fourth-order valence-electron chi connectivity index (χ4n) is 1.35. The summed E-state index contributed by atoms with van der Waals surface area (Å²) in [5, 5.41) is 9.89. The smallest absolute Gasteiger partial charge is 0.181 e. The maximum atomic E-state index is 9.89. The molecule has 68 valence electrons. The van der Waals surface area contributed by atoms with Crippen LogP contribution in [0.1, 0.15) is 13.3 Å². The first kappa shape index (κ1) is 9.53. The molecule has 0 saturated carbocycles. The molecule has 0 aromatic heterocycles. The van der Waals surface area contributed by atoms with Crippen LogP contribution in [0.5, 0.6) is 0 Å². The molecule has 0 aliphatic carbocycles. The molecule has 1 N–H and O–H groups in total. The normalized spacial score (nSPS) is 24.4. The summed E-state index contributed by atoms with van der Waals surface area (Å²) in [6.07, 6.45) is 5.82. The highest BCUT2D eigenvalue weighted by Gasteiger charge is 2.31. The summed E-state index contributed by atoms with van der Waals surface area (Å²) in [5.41, 5.74) is -1.07. The third-order valence-corrected chi connectivity index (χ3v) is 2.26. The van der Waals surface area contributed by atoms with Gasteiger partial charge >= 0.3 is 0 Å². The Morgan fingerprint density at radius 2 is 2.17 bits per heavy atom. The van der Waals surface area contributed by atoms with Gasteiger partial charge in [0.1, 0.15) is 0 Å². The summed E-state index contributed by atoms with van der Waals surface area (Å²) in [6.45, 7) is 4.63. The molecule has 12 heavy (non-hydrogen) atoms. The molecule has 3 nitrogen and oxygen atoms in total. The molecule has 1 heterocycles. The lowest BCUT2D eigenvalue weighted by Crippen LogP contribution is -2.52. The molecule has 0 amide bonds. The molecule has 1 atom stereocenters. The van der Waals surface area contributed by atoms with Gasteiger partial charge in [-0.25, -0.2) is 0 Å². The van der Waals surface area contributed by atoms with Crippen molar-refractivity contribution in [2.75, 3.05) is 26.3 Å². The SMILES string of the molecule is C#CC(O)(CC)N1CCOCC1. The van der Waals surface area contributed by atoms with Gasteiger partial charge in [-0.2, -0.15) is 0 Å². The minimum absolute atomic E-state index is 0.559. The Bertz CT molecular complexity index is 181. The van der Waals surface area contributed by atoms with Crippen molar-refractivity contribution in [1.29, 1.82) is 0 Å². The van der Waals surface area contributed by atoms with Crippen LogP contribution in [0, 0.1) is 12.3 Å². The number of rotatable bonds is 2. The Kier molecular flexibility index (Phi) is 3.10. The fraction of sp³-hybridized carbons (Fsp3) is 0.778. The van der Waals surface area contributed by atoms with E-state index in [0.29, 0.717) is 32.7 Å². The molecule has 1 fully saturated rings. The largest absolute Gasteiger partial charge is 0.379 e. The number of ether oxygens (including phenoxy) is 1. The van der Waals surface area contributed by atoms with Crippen molar-refractivity contribution < 1.29 is 9.84 Å². The lowest BCUT2D eigenvalue weighted by Gasteiger charge is -2.37. The summed E-state index contributed by atoms with van der Waals surface area (Å²) in [7, 11) is 0. The zero-order chi connectivity index (χ0) is 9.03. The van der Waals surface area contributed by atoms with Crippen LogP contribution in [-0.2, 0) is 4.74 Å². The first-order valence-corrected chi connectivity index (χ1v) is 4.26. The highest BCUT2D eigenvalue weighted by atomic mass is 16.5. The van der Waals surface area contributed by atoms with Crippen LogP contribution in [0.15, 0.2) is 0 Å². The second-order valence-electron chi connectivity index (χ2n) is 2.91. The first-order valence-electron chi connectivity index (χ1n) is 4.26. The maximum absolute atomic E-state index is 9.89. The van der Waals surface area contributed by atoms with E-state index in [-0.39, 0.29) is 0 Å². The number of nitrogens with zero attached hydrogens (tertiary/aromatic N) is 1. The number of hydrogen-bond acceptors (Lipinski definition) is 3. The van der Waals surface area contributed by atoms with Crippen LogP contribution in [0.4, 0.5) is 0 Å². The molecule has 0 radical (unpaired) electrons. The van der Waals surface area contributed by atoms with Gasteiger partial charge in [-0.15, -0.1) is 6.42 Å². The zero-order valence-corrected chi connectivity index (χ0v) is 7.42. The molecule has 0 spiro atoms. The van der Waals surface area contributed by atoms with Gasteiger partial charge in [0, 0.05) is 13.1 Å². The van der Waals surface area contributed by atoms with Crippen LogP contribution in [0.2, 0.25) is 0 Å². The molecule has 1 aliphatic rings. The number of aliphatic hydroxyl groups is 1. The van der Waals surface area contributed by atoms with Gasteiger partial charge in [-0.05, 0) is 6.42 Å². The van der Waals surface area contributed by atoms with Crippen molar-refractivity contribution in [2.24, 2.45) is 0 Å². The summed E-state index contributed by atoms with van der Waals surface area (Å²) in [5.74, 6) is 2.42. The molecule has 0 aromatic rings. The van der Waals surface area contributed by atoms with Crippen LogP contribution in [-0.4, -0.2) is 42.0 Å². The minimum Gasteiger partial charge on any atom is -0.379 e. The summed E-state index contributed by atoms with van der Waals surface area (Å²) < 4.78 is 5.16. The third-order valence-electron chi connectivity index (χ3n) is 2.26. The molecule has 1 aliphatic heterocycles. The monoisotopic (exact) mass is 169 g/mol. The van der Waals surface area contributed by atoms with Crippen molar-refractivity contribution in [1.82, 2.24) is 4.90 Å². The van der Waals surface area contributed by atoms with Crippen molar-refractivity contribution in [3.05, 3.63) is 0 Å². The van der Waals surface area contributed by atoms with E-state index in [1.807, 2.05) is 11.8 Å². The predicted octanol–water partition coefficient (Wildman–Crippen LogP) is 0.0504. The number of terminal acetylenes is 1. The zero-order valence-electron chi connectivity index (χ0n) is 7.42. The maximum Gasteiger partial charge on any atom is 0.181 e. The topological polar surface area (TPSA) is 32.7 Å². The summed E-state index contributed by atoms with van der Waals surface area (Å²) >= 11 is 0. The van der Waals surface area contributed by atoms with E-state index in [4.69, 9.17) is 11.2 Å². The van der Waals surface area contributed by atoms with Crippen LogP contribution in [0.25, 0.3) is 0 Å². The van der Waals surface area contributed by atoms with Gasteiger partial charge in [0.2, 0.25) is 0 Å². The third kappa shape index (κ3) is 1.78. The highest BCUT2D eigenvalue weighted by molar-refractivity contribution is 5.06. The van der Waals surface area contributed by atoms with Crippen LogP contribution in [0.3, 0.4) is 0 Å². The van der Waals surface area contributed by atoms with E-state index < -0.39 is 5.72 Å². The molecular weight excluding hydrogens is 154 g/mol. The second-order valence-corrected chi connectivity index (χ2v) is 2.91. The average molecular weight is 169 g/mol. The first-order chi connectivity index (χ1) is 5.73. The van der Waals surface area contributed by atoms with E-state index in [1.165, 1.54) is 0 Å². The number of hydrogen-bond donors (Lipinski definition) is 1. The van der Waals surface area contributed by atoms with Gasteiger partial charge in [0.15, 0.2) is 5.72 Å². The Hall–Kier alpha value is -0.560. The van der Waals surface area contributed by atoms with Gasteiger partial charge in [-0.1, -0.05) is 12.8 Å². The Balaban J connectivity index is 2.59. The lowest BCUT2D eigenvalue weighted by atomic mass is 10.1. The van der Waals surface area contributed by atoms with E-state index in [1.54, 1.807) is 0 Å². The molecule has 0 aromatic carbocycles. The average Bonchev–Trinajstić information content (AvgIpc) is 2.18. The van der Waals surface area contributed by atoms with Crippen molar-refractivity contribution in [3.63, 3.8) is 0 Å².